The van der Waals surface area contributed by atoms with Crippen LogP contribution in [0.2, 0.25) is 0 Å². The van der Waals surface area contributed by atoms with Crippen LogP contribution in [0.5, 0.6) is 0 Å². The predicted octanol–water partition coefficient (Wildman–Crippen LogP) is 1.76. The van der Waals surface area contributed by atoms with Crippen LogP contribution in [0.4, 0.5) is 10.5 Å². The maximum atomic E-state index is 12.1. The number of likely N-dealkylation sites (tertiary alicyclic amines) is 1. The third kappa shape index (κ3) is 3.40. The molecule has 2 aromatic rings. The predicted molar refractivity (Wildman–Crippen MR) is 90.3 cm³/mol. The van der Waals surface area contributed by atoms with Crippen LogP contribution in [0.25, 0.3) is 0 Å². The Bertz CT molecular complexity index is 728. The van der Waals surface area contributed by atoms with Gasteiger partial charge in [0.15, 0.2) is 0 Å². The molecule has 1 aromatic carbocycles. The number of carbonyl (C=O) groups is 2. The second kappa shape index (κ2) is 6.74. The Morgan fingerprint density at radius 2 is 2.04 bits per heavy atom. The molecule has 2 N–H and O–H groups in total. The second-order valence-corrected chi connectivity index (χ2v) is 6.06. The number of aromatic nitrogens is 2. The number of amides is 3. The third-order valence-corrected chi connectivity index (χ3v) is 4.32. The monoisotopic (exact) mass is 327 g/mol. The van der Waals surface area contributed by atoms with Crippen LogP contribution < -0.4 is 10.6 Å². The highest BCUT2D eigenvalue weighted by atomic mass is 16.2. The summed E-state index contributed by atoms with van der Waals surface area (Å²) in [4.78, 5) is 25.9. The van der Waals surface area contributed by atoms with Gasteiger partial charge in [-0.2, -0.15) is 5.10 Å². The van der Waals surface area contributed by atoms with Gasteiger partial charge in [-0.15, -0.1) is 0 Å². The van der Waals surface area contributed by atoms with E-state index in [0.717, 1.165) is 5.56 Å². The molecule has 0 radical (unpaired) electrons. The van der Waals surface area contributed by atoms with E-state index in [4.69, 9.17) is 0 Å². The molecule has 1 fully saturated rings. The number of nitrogens with one attached hydrogen (secondary N) is 2. The third-order valence-electron chi connectivity index (χ3n) is 4.32. The SMILES string of the molecule is CN1C(=O)CC(CNC(=O)Nc2cnn(C)c2)C1c1ccccc1. The number of aryl methyl sites for hydroxylation is 1. The van der Waals surface area contributed by atoms with Crippen LogP contribution in [-0.4, -0.2) is 40.2 Å². The molecular weight excluding hydrogens is 306 g/mol. The van der Waals surface area contributed by atoms with Crippen LogP contribution in [0.15, 0.2) is 42.7 Å². The lowest BCUT2D eigenvalue weighted by atomic mass is 9.94. The highest BCUT2D eigenvalue weighted by Gasteiger charge is 2.38. The number of urea groups is 1. The van der Waals surface area contributed by atoms with Gasteiger partial charge in [-0.05, 0) is 5.56 Å². The average molecular weight is 327 g/mol. The fraction of sp³-hybridized carbons (Fsp3) is 0.353. The fourth-order valence-corrected chi connectivity index (χ4v) is 3.17. The zero-order chi connectivity index (χ0) is 17.1. The van der Waals surface area contributed by atoms with E-state index in [1.54, 1.807) is 29.0 Å². The lowest BCUT2D eigenvalue weighted by Crippen LogP contribution is -2.35. The van der Waals surface area contributed by atoms with Crippen molar-refractivity contribution in [3.63, 3.8) is 0 Å². The maximum Gasteiger partial charge on any atom is 0.319 e. The van der Waals surface area contributed by atoms with Crippen molar-refractivity contribution in [2.24, 2.45) is 13.0 Å². The molecular formula is C17H21N5O2. The minimum atomic E-state index is -0.295. The normalized spacial score (nSPS) is 20.2. The van der Waals surface area contributed by atoms with Crippen molar-refractivity contribution in [1.29, 1.82) is 0 Å². The number of benzene rings is 1. The molecule has 1 aliphatic rings. The summed E-state index contributed by atoms with van der Waals surface area (Å²) in [5.74, 6) is 0.146. The first kappa shape index (κ1) is 16.0. The van der Waals surface area contributed by atoms with Gasteiger partial charge in [-0.1, -0.05) is 30.3 Å². The van der Waals surface area contributed by atoms with Crippen LogP contribution >= 0.6 is 0 Å². The van der Waals surface area contributed by atoms with E-state index in [0.29, 0.717) is 18.7 Å². The van der Waals surface area contributed by atoms with Crippen LogP contribution in [0.3, 0.4) is 0 Å². The molecule has 2 unspecified atom stereocenters. The molecule has 1 saturated heterocycles. The quantitative estimate of drug-likeness (QED) is 0.898. The van der Waals surface area contributed by atoms with Crippen molar-refractivity contribution in [2.75, 3.05) is 18.9 Å². The molecule has 3 amide bonds. The first-order valence-electron chi connectivity index (χ1n) is 7.88. The summed E-state index contributed by atoms with van der Waals surface area (Å²) in [5, 5.41) is 9.59. The number of hydrogen-bond acceptors (Lipinski definition) is 3. The van der Waals surface area contributed by atoms with Gasteiger partial charge in [0.05, 0.1) is 17.9 Å². The Labute approximate surface area is 140 Å². The molecule has 2 heterocycles. The van der Waals surface area contributed by atoms with Gasteiger partial charge in [0.25, 0.3) is 0 Å². The Morgan fingerprint density at radius 1 is 1.29 bits per heavy atom. The minimum Gasteiger partial charge on any atom is -0.338 e. The second-order valence-electron chi connectivity index (χ2n) is 6.06. The standard InChI is InChI=1S/C17H21N5O2/c1-21-11-14(10-19-21)20-17(24)18-9-13-8-15(23)22(2)16(13)12-6-4-3-5-7-12/h3-7,10-11,13,16H,8-9H2,1-2H3,(H2,18,20,24). The number of hydrogen-bond donors (Lipinski definition) is 2. The summed E-state index contributed by atoms with van der Waals surface area (Å²) in [6.07, 6.45) is 3.74. The van der Waals surface area contributed by atoms with E-state index < -0.39 is 0 Å². The highest BCUT2D eigenvalue weighted by Crippen LogP contribution is 2.36. The Morgan fingerprint density at radius 3 is 2.71 bits per heavy atom. The Hall–Kier alpha value is -2.83. The maximum absolute atomic E-state index is 12.1. The molecule has 2 atom stereocenters. The van der Waals surface area contributed by atoms with Crippen LogP contribution in [0, 0.1) is 5.92 Å². The van der Waals surface area contributed by atoms with Gasteiger partial charge in [-0.25, -0.2) is 4.79 Å². The summed E-state index contributed by atoms with van der Waals surface area (Å²) in [5.41, 5.74) is 1.72. The van der Waals surface area contributed by atoms with Crippen molar-refractivity contribution >= 4 is 17.6 Å². The molecule has 0 saturated carbocycles. The lowest BCUT2D eigenvalue weighted by molar-refractivity contribution is -0.127. The van der Waals surface area contributed by atoms with Gasteiger partial charge in [0.1, 0.15) is 0 Å². The largest absolute Gasteiger partial charge is 0.338 e. The van der Waals surface area contributed by atoms with Crippen molar-refractivity contribution in [2.45, 2.75) is 12.5 Å². The van der Waals surface area contributed by atoms with Gasteiger partial charge in [0.2, 0.25) is 5.91 Å². The molecule has 7 nitrogen and oxygen atoms in total. The number of carbonyl (C=O) groups excluding carboxylic acids is 2. The zero-order valence-electron chi connectivity index (χ0n) is 13.8. The van der Waals surface area contributed by atoms with Gasteiger partial charge >= 0.3 is 6.03 Å². The van der Waals surface area contributed by atoms with Crippen LogP contribution in [0.1, 0.15) is 18.0 Å². The van der Waals surface area contributed by atoms with E-state index in [2.05, 4.69) is 15.7 Å². The minimum absolute atomic E-state index is 0.0163. The van der Waals surface area contributed by atoms with E-state index in [1.807, 2.05) is 37.4 Å². The van der Waals surface area contributed by atoms with E-state index in [9.17, 15) is 9.59 Å². The highest BCUT2D eigenvalue weighted by molar-refractivity contribution is 5.89. The first-order chi connectivity index (χ1) is 11.5. The van der Waals surface area contributed by atoms with Crippen molar-refractivity contribution in [1.82, 2.24) is 20.0 Å². The number of rotatable bonds is 4. The summed E-state index contributed by atoms with van der Waals surface area (Å²) >= 11 is 0. The number of nitrogens with zero attached hydrogens (tertiary/aromatic N) is 3. The Kier molecular flexibility index (Phi) is 4.50. The Balaban J connectivity index is 1.62. The molecule has 126 valence electrons. The summed E-state index contributed by atoms with van der Waals surface area (Å²) in [7, 11) is 3.60. The molecule has 3 rings (SSSR count). The molecule has 0 spiro atoms. The van der Waals surface area contributed by atoms with Crippen molar-refractivity contribution in [3.8, 4) is 0 Å². The van der Waals surface area contributed by atoms with E-state index in [1.165, 1.54) is 0 Å². The van der Waals surface area contributed by atoms with E-state index in [-0.39, 0.29) is 23.9 Å². The van der Waals surface area contributed by atoms with Gasteiger partial charge < -0.3 is 15.5 Å². The van der Waals surface area contributed by atoms with E-state index >= 15 is 0 Å². The van der Waals surface area contributed by atoms with Gasteiger partial charge in [-0.3, -0.25) is 9.48 Å². The smallest absolute Gasteiger partial charge is 0.319 e. The first-order valence-corrected chi connectivity index (χ1v) is 7.88. The molecule has 0 aliphatic carbocycles. The topological polar surface area (TPSA) is 79.3 Å². The summed E-state index contributed by atoms with van der Waals surface area (Å²) in [6.45, 7) is 0.432. The molecule has 7 heteroatoms. The fourth-order valence-electron chi connectivity index (χ4n) is 3.17. The van der Waals surface area contributed by atoms with Crippen molar-refractivity contribution in [3.05, 3.63) is 48.3 Å². The average Bonchev–Trinajstić information content (AvgIpc) is 3.10. The molecule has 1 aliphatic heterocycles. The number of anilines is 1. The van der Waals surface area contributed by atoms with Crippen LogP contribution in [-0.2, 0) is 11.8 Å². The van der Waals surface area contributed by atoms with Crippen molar-refractivity contribution < 1.29 is 9.59 Å². The van der Waals surface area contributed by atoms with Gasteiger partial charge in [0, 0.05) is 39.2 Å². The molecule has 24 heavy (non-hydrogen) atoms. The molecule has 1 aromatic heterocycles. The summed E-state index contributed by atoms with van der Waals surface area (Å²) < 4.78 is 1.62. The summed E-state index contributed by atoms with van der Waals surface area (Å²) in [6, 6.07) is 9.60. The lowest BCUT2D eigenvalue weighted by Gasteiger charge is -2.25. The molecule has 0 bridgehead atoms. The zero-order valence-corrected chi connectivity index (χ0v) is 13.8.